The van der Waals surface area contributed by atoms with E-state index in [1.807, 2.05) is 18.9 Å². The molecule has 3 heterocycles. The standard InChI is InChI=1S/C17H22N4O4/c1-4-25-13-6-5-7-21-14(10(2)18-15(13)21)16(22)19-12-9-20(3)8-11(12)17(23)24/h5-7,11-12H,4,8-9H2,1-3H3,(H,19,22)(H,23,24). The Bertz CT molecular complexity index is 816. The average Bonchev–Trinajstić information content (AvgIpc) is 3.07. The van der Waals surface area contributed by atoms with Gasteiger partial charge in [-0.05, 0) is 33.0 Å². The molecule has 2 aromatic rings. The number of amides is 1. The molecule has 2 unspecified atom stereocenters. The van der Waals surface area contributed by atoms with Crippen molar-refractivity contribution in [2.24, 2.45) is 5.92 Å². The van der Waals surface area contributed by atoms with E-state index >= 15 is 0 Å². The molecular weight excluding hydrogens is 324 g/mol. The van der Waals surface area contributed by atoms with Crippen LogP contribution in [0.3, 0.4) is 0 Å². The lowest BCUT2D eigenvalue weighted by molar-refractivity contribution is -0.141. The van der Waals surface area contributed by atoms with Gasteiger partial charge in [0.05, 0.1) is 24.3 Å². The van der Waals surface area contributed by atoms with Gasteiger partial charge in [0.2, 0.25) is 0 Å². The number of likely N-dealkylation sites (tertiary alicyclic amines) is 1. The number of carboxylic acids is 1. The molecule has 0 spiro atoms. The minimum Gasteiger partial charge on any atom is -0.490 e. The maximum Gasteiger partial charge on any atom is 0.309 e. The van der Waals surface area contributed by atoms with Crippen molar-refractivity contribution >= 4 is 17.5 Å². The lowest BCUT2D eigenvalue weighted by atomic mass is 10.0. The number of nitrogens with zero attached hydrogens (tertiary/aromatic N) is 3. The van der Waals surface area contributed by atoms with Crippen LogP contribution in [-0.4, -0.2) is 64.1 Å². The molecule has 0 radical (unpaired) electrons. The molecule has 0 aliphatic carbocycles. The summed E-state index contributed by atoms with van der Waals surface area (Å²) < 4.78 is 7.25. The number of hydrogen-bond acceptors (Lipinski definition) is 5. The molecule has 1 fully saturated rings. The van der Waals surface area contributed by atoms with Gasteiger partial charge in [-0.15, -0.1) is 0 Å². The van der Waals surface area contributed by atoms with Crippen LogP contribution in [0.4, 0.5) is 0 Å². The third-order valence-electron chi connectivity index (χ3n) is 4.44. The molecule has 134 valence electrons. The van der Waals surface area contributed by atoms with E-state index < -0.39 is 17.9 Å². The number of carbonyl (C=O) groups excluding carboxylic acids is 1. The second-order valence-electron chi connectivity index (χ2n) is 6.29. The predicted molar refractivity (Wildman–Crippen MR) is 91.0 cm³/mol. The molecule has 2 atom stereocenters. The normalized spacial score (nSPS) is 20.8. The molecule has 1 aliphatic heterocycles. The van der Waals surface area contributed by atoms with Crippen LogP contribution in [0.25, 0.3) is 5.65 Å². The number of aliphatic carboxylic acids is 1. The second kappa shape index (κ2) is 6.72. The first-order valence-corrected chi connectivity index (χ1v) is 8.25. The van der Waals surface area contributed by atoms with E-state index in [2.05, 4.69) is 10.3 Å². The van der Waals surface area contributed by atoms with E-state index in [1.165, 1.54) is 0 Å². The number of likely N-dealkylation sites (N-methyl/N-ethyl adjacent to an activating group) is 1. The first-order chi connectivity index (χ1) is 11.9. The van der Waals surface area contributed by atoms with E-state index in [4.69, 9.17) is 4.74 Å². The number of aromatic nitrogens is 2. The molecule has 0 aromatic carbocycles. The van der Waals surface area contributed by atoms with Crippen molar-refractivity contribution in [2.75, 3.05) is 26.7 Å². The fraction of sp³-hybridized carbons (Fsp3) is 0.471. The average molecular weight is 346 g/mol. The molecule has 2 aromatic heterocycles. The number of rotatable bonds is 5. The summed E-state index contributed by atoms with van der Waals surface area (Å²) in [5, 5.41) is 12.2. The van der Waals surface area contributed by atoms with Gasteiger partial charge in [-0.1, -0.05) is 0 Å². The smallest absolute Gasteiger partial charge is 0.309 e. The number of carbonyl (C=O) groups is 2. The predicted octanol–water partition coefficient (Wildman–Crippen LogP) is 0.786. The molecule has 1 saturated heterocycles. The van der Waals surface area contributed by atoms with Crippen molar-refractivity contribution in [3.63, 3.8) is 0 Å². The van der Waals surface area contributed by atoms with Gasteiger partial charge in [-0.2, -0.15) is 0 Å². The van der Waals surface area contributed by atoms with Crippen LogP contribution in [-0.2, 0) is 4.79 Å². The Morgan fingerprint density at radius 1 is 1.44 bits per heavy atom. The van der Waals surface area contributed by atoms with Gasteiger partial charge in [0.15, 0.2) is 11.4 Å². The molecule has 8 nitrogen and oxygen atoms in total. The zero-order valence-electron chi connectivity index (χ0n) is 14.5. The van der Waals surface area contributed by atoms with Gasteiger partial charge < -0.3 is 20.1 Å². The van der Waals surface area contributed by atoms with Crippen LogP contribution >= 0.6 is 0 Å². The summed E-state index contributed by atoms with van der Waals surface area (Å²) in [6.45, 7) is 5.06. The van der Waals surface area contributed by atoms with Crippen LogP contribution in [0.15, 0.2) is 18.3 Å². The van der Waals surface area contributed by atoms with E-state index in [0.29, 0.717) is 42.5 Å². The van der Waals surface area contributed by atoms with Crippen LogP contribution in [0.2, 0.25) is 0 Å². The highest BCUT2D eigenvalue weighted by atomic mass is 16.5. The van der Waals surface area contributed by atoms with Gasteiger partial charge in [0, 0.05) is 19.3 Å². The van der Waals surface area contributed by atoms with Crippen LogP contribution in [0, 0.1) is 12.8 Å². The molecule has 3 rings (SSSR count). The monoisotopic (exact) mass is 346 g/mol. The number of imidazole rings is 1. The van der Waals surface area contributed by atoms with Gasteiger partial charge in [0.1, 0.15) is 5.69 Å². The number of hydrogen-bond donors (Lipinski definition) is 2. The lowest BCUT2D eigenvalue weighted by Crippen LogP contribution is -2.43. The third kappa shape index (κ3) is 3.17. The van der Waals surface area contributed by atoms with E-state index in [0.717, 1.165) is 0 Å². The topological polar surface area (TPSA) is 96.2 Å². The Balaban J connectivity index is 1.91. The summed E-state index contributed by atoms with van der Waals surface area (Å²) in [5.74, 6) is -1.24. The minimum atomic E-state index is -0.900. The number of carboxylic acid groups (broad SMARTS) is 1. The molecule has 25 heavy (non-hydrogen) atoms. The van der Waals surface area contributed by atoms with Gasteiger partial charge in [-0.25, -0.2) is 4.98 Å². The molecule has 0 bridgehead atoms. The molecule has 8 heteroatoms. The van der Waals surface area contributed by atoms with Crippen molar-refractivity contribution < 1.29 is 19.4 Å². The van der Waals surface area contributed by atoms with Crippen molar-refractivity contribution in [1.82, 2.24) is 19.6 Å². The fourth-order valence-electron chi connectivity index (χ4n) is 3.33. The minimum absolute atomic E-state index is 0.329. The summed E-state index contributed by atoms with van der Waals surface area (Å²) in [6.07, 6.45) is 1.75. The van der Waals surface area contributed by atoms with Crippen molar-refractivity contribution in [1.29, 1.82) is 0 Å². The summed E-state index contributed by atoms with van der Waals surface area (Å²) in [6, 6.07) is 3.16. The van der Waals surface area contributed by atoms with Gasteiger partial charge in [0.25, 0.3) is 5.91 Å². The van der Waals surface area contributed by atoms with E-state index in [-0.39, 0.29) is 5.91 Å². The fourth-order valence-corrected chi connectivity index (χ4v) is 3.33. The molecule has 1 aliphatic rings. The number of nitrogens with one attached hydrogen (secondary N) is 1. The Kier molecular flexibility index (Phi) is 4.63. The Labute approximate surface area is 145 Å². The number of fused-ring (bicyclic) bond motifs is 1. The number of ether oxygens (including phenoxy) is 1. The summed E-state index contributed by atoms with van der Waals surface area (Å²) in [4.78, 5) is 30.6. The molecule has 0 saturated carbocycles. The molecule has 2 N–H and O–H groups in total. The zero-order valence-corrected chi connectivity index (χ0v) is 14.5. The quantitative estimate of drug-likeness (QED) is 0.831. The highest BCUT2D eigenvalue weighted by Crippen LogP contribution is 2.23. The van der Waals surface area contributed by atoms with Gasteiger partial charge >= 0.3 is 5.97 Å². The maximum atomic E-state index is 12.8. The number of aryl methyl sites for hydroxylation is 1. The van der Waals surface area contributed by atoms with Crippen LogP contribution < -0.4 is 10.1 Å². The first kappa shape index (κ1) is 17.2. The molecular formula is C17H22N4O4. The SMILES string of the molecule is CCOc1cccn2c(C(=O)NC3CN(C)CC3C(=O)O)c(C)nc12. The van der Waals surface area contributed by atoms with Crippen LogP contribution in [0.1, 0.15) is 23.1 Å². The third-order valence-corrected chi connectivity index (χ3v) is 4.44. The Hall–Kier alpha value is -2.61. The summed E-state index contributed by atoms with van der Waals surface area (Å²) in [7, 11) is 1.84. The highest BCUT2D eigenvalue weighted by molar-refractivity contribution is 5.95. The van der Waals surface area contributed by atoms with E-state index in [9.17, 15) is 14.7 Å². The van der Waals surface area contributed by atoms with Crippen molar-refractivity contribution in [3.05, 3.63) is 29.7 Å². The highest BCUT2D eigenvalue weighted by Gasteiger charge is 2.37. The summed E-state index contributed by atoms with van der Waals surface area (Å²) in [5.41, 5.74) is 1.54. The van der Waals surface area contributed by atoms with Crippen molar-refractivity contribution in [3.8, 4) is 5.75 Å². The largest absolute Gasteiger partial charge is 0.490 e. The molecule has 1 amide bonds. The zero-order chi connectivity index (χ0) is 18.1. The Morgan fingerprint density at radius 3 is 2.88 bits per heavy atom. The number of pyridine rings is 1. The Morgan fingerprint density at radius 2 is 2.20 bits per heavy atom. The second-order valence-corrected chi connectivity index (χ2v) is 6.29. The lowest BCUT2D eigenvalue weighted by Gasteiger charge is -2.17. The maximum absolute atomic E-state index is 12.8. The van der Waals surface area contributed by atoms with Crippen LogP contribution in [0.5, 0.6) is 5.75 Å². The summed E-state index contributed by atoms with van der Waals surface area (Å²) >= 11 is 0. The van der Waals surface area contributed by atoms with Crippen molar-refractivity contribution in [2.45, 2.75) is 19.9 Å². The van der Waals surface area contributed by atoms with E-state index in [1.54, 1.807) is 29.7 Å². The van der Waals surface area contributed by atoms with Gasteiger partial charge in [-0.3, -0.25) is 14.0 Å². The first-order valence-electron chi connectivity index (χ1n) is 8.25.